The van der Waals surface area contributed by atoms with Gasteiger partial charge in [-0.25, -0.2) is 0 Å². The Balaban J connectivity index is 1.96. The van der Waals surface area contributed by atoms with Crippen LogP contribution in [0.3, 0.4) is 0 Å². The molecule has 2 N–H and O–H groups in total. The number of aryl methyl sites for hydroxylation is 2. The SMILES string of the molecule is CNC1CCC(NC(=O)c2cc(C)nnc2C)CC1. The number of carbonyl (C=O) groups excluding carboxylic acids is 1. The van der Waals surface area contributed by atoms with E-state index in [1.54, 1.807) is 6.07 Å². The molecule has 104 valence electrons. The molecule has 0 saturated heterocycles. The molecule has 1 aliphatic carbocycles. The van der Waals surface area contributed by atoms with Crippen molar-refractivity contribution in [1.29, 1.82) is 0 Å². The fraction of sp³-hybridized carbons (Fsp3) is 0.643. The van der Waals surface area contributed by atoms with Crippen LogP contribution in [0.25, 0.3) is 0 Å². The normalized spacial score (nSPS) is 23.1. The van der Waals surface area contributed by atoms with Gasteiger partial charge in [0.1, 0.15) is 0 Å². The number of nitrogens with one attached hydrogen (secondary N) is 2. The minimum absolute atomic E-state index is 0.0246. The molecule has 5 heteroatoms. The van der Waals surface area contributed by atoms with Gasteiger partial charge in [-0.3, -0.25) is 4.79 Å². The maximum Gasteiger partial charge on any atom is 0.253 e. The molecule has 0 radical (unpaired) electrons. The highest BCUT2D eigenvalue weighted by Gasteiger charge is 2.22. The molecule has 19 heavy (non-hydrogen) atoms. The van der Waals surface area contributed by atoms with E-state index in [0.29, 0.717) is 17.3 Å². The zero-order valence-corrected chi connectivity index (χ0v) is 11.9. The largest absolute Gasteiger partial charge is 0.349 e. The van der Waals surface area contributed by atoms with Crippen molar-refractivity contribution in [3.8, 4) is 0 Å². The summed E-state index contributed by atoms with van der Waals surface area (Å²) in [7, 11) is 2.00. The van der Waals surface area contributed by atoms with Crippen molar-refractivity contribution in [2.24, 2.45) is 0 Å². The molecule has 1 aliphatic rings. The number of aromatic nitrogens is 2. The first-order valence-corrected chi connectivity index (χ1v) is 6.89. The van der Waals surface area contributed by atoms with E-state index >= 15 is 0 Å². The molecule has 1 aromatic heterocycles. The predicted molar refractivity (Wildman–Crippen MR) is 74.1 cm³/mol. The molecule has 1 heterocycles. The minimum Gasteiger partial charge on any atom is -0.349 e. The number of hydrogen-bond acceptors (Lipinski definition) is 4. The van der Waals surface area contributed by atoms with Gasteiger partial charge in [0, 0.05) is 12.1 Å². The summed E-state index contributed by atoms with van der Waals surface area (Å²) in [4.78, 5) is 12.2. The lowest BCUT2D eigenvalue weighted by atomic mass is 9.91. The molecule has 1 fully saturated rings. The maximum atomic E-state index is 12.2. The molecule has 0 aliphatic heterocycles. The smallest absolute Gasteiger partial charge is 0.253 e. The predicted octanol–water partition coefficient (Wildman–Crippen LogP) is 1.35. The minimum atomic E-state index is -0.0246. The van der Waals surface area contributed by atoms with Crippen LogP contribution < -0.4 is 10.6 Å². The van der Waals surface area contributed by atoms with E-state index in [1.807, 2.05) is 20.9 Å². The highest BCUT2D eigenvalue weighted by atomic mass is 16.1. The lowest BCUT2D eigenvalue weighted by Crippen LogP contribution is -2.41. The summed E-state index contributed by atoms with van der Waals surface area (Å²) in [6.45, 7) is 3.67. The topological polar surface area (TPSA) is 66.9 Å². The third-order valence-corrected chi connectivity index (χ3v) is 3.82. The molecule has 1 saturated carbocycles. The van der Waals surface area contributed by atoms with Gasteiger partial charge in [0.2, 0.25) is 0 Å². The van der Waals surface area contributed by atoms with Crippen molar-refractivity contribution in [1.82, 2.24) is 20.8 Å². The molecule has 0 unspecified atom stereocenters. The van der Waals surface area contributed by atoms with Crippen LogP contribution in [0.15, 0.2) is 6.07 Å². The number of amides is 1. The Kier molecular flexibility index (Phi) is 4.47. The average molecular weight is 262 g/mol. The Hall–Kier alpha value is -1.49. The van der Waals surface area contributed by atoms with Crippen molar-refractivity contribution < 1.29 is 4.79 Å². The zero-order valence-electron chi connectivity index (χ0n) is 11.9. The standard InChI is InChI=1S/C14H22N4O/c1-9-8-13(10(2)18-17-9)14(19)16-12-6-4-11(15-3)5-7-12/h8,11-12,15H,4-7H2,1-3H3,(H,16,19). The fourth-order valence-corrected chi connectivity index (χ4v) is 2.57. The van der Waals surface area contributed by atoms with Crippen molar-refractivity contribution in [3.63, 3.8) is 0 Å². The molecule has 2 rings (SSSR count). The molecular formula is C14H22N4O. The quantitative estimate of drug-likeness (QED) is 0.863. The molecule has 0 bridgehead atoms. The number of nitrogens with zero attached hydrogens (tertiary/aromatic N) is 2. The molecule has 0 atom stereocenters. The molecular weight excluding hydrogens is 240 g/mol. The Morgan fingerprint density at radius 2 is 1.79 bits per heavy atom. The van der Waals surface area contributed by atoms with Crippen LogP contribution in [0.2, 0.25) is 0 Å². The Bertz CT molecular complexity index is 453. The summed E-state index contributed by atoms with van der Waals surface area (Å²) in [5.41, 5.74) is 2.10. The van der Waals surface area contributed by atoms with Gasteiger partial charge >= 0.3 is 0 Å². The molecule has 5 nitrogen and oxygen atoms in total. The van der Waals surface area contributed by atoms with Crippen molar-refractivity contribution in [2.75, 3.05) is 7.05 Å². The summed E-state index contributed by atoms with van der Waals surface area (Å²) in [5.74, 6) is -0.0246. The highest BCUT2D eigenvalue weighted by Crippen LogP contribution is 2.19. The summed E-state index contributed by atoms with van der Waals surface area (Å²) in [6, 6.07) is 2.68. The highest BCUT2D eigenvalue weighted by molar-refractivity contribution is 5.95. The van der Waals surface area contributed by atoms with E-state index in [2.05, 4.69) is 20.8 Å². The van der Waals surface area contributed by atoms with E-state index in [4.69, 9.17) is 0 Å². The fourth-order valence-electron chi connectivity index (χ4n) is 2.57. The second kappa shape index (κ2) is 6.10. The first-order valence-electron chi connectivity index (χ1n) is 6.89. The Morgan fingerprint density at radius 3 is 2.42 bits per heavy atom. The van der Waals surface area contributed by atoms with Crippen LogP contribution in [-0.4, -0.2) is 35.2 Å². The van der Waals surface area contributed by atoms with E-state index in [1.165, 1.54) is 0 Å². The van der Waals surface area contributed by atoms with Gasteiger partial charge in [-0.15, -0.1) is 0 Å². The Labute approximate surface area is 114 Å². The van der Waals surface area contributed by atoms with Crippen molar-refractivity contribution in [3.05, 3.63) is 23.0 Å². The van der Waals surface area contributed by atoms with E-state index in [-0.39, 0.29) is 11.9 Å². The van der Waals surface area contributed by atoms with Gasteiger partial charge in [0.25, 0.3) is 5.91 Å². The summed E-state index contributed by atoms with van der Waals surface area (Å²) >= 11 is 0. The summed E-state index contributed by atoms with van der Waals surface area (Å²) in [5, 5.41) is 14.4. The second-order valence-corrected chi connectivity index (χ2v) is 5.30. The van der Waals surface area contributed by atoms with Crippen LogP contribution in [0.4, 0.5) is 0 Å². The van der Waals surface area contributed by atoms with Crippen molar-refractivity contribution >= 4 is 5.91 Å². The lowest BCUT2D eigenvalue weighted by Gasteiger charge is -2.28. The molecule has 0 spiro atoms. The average Bonchev–Trinajstić information content (AvgIpc) is 2.42. The monoisotopic (exact) mass is 262 g/mol. The van der Waals surface area contributed by atoms with E-state index in [0.717, 1.165) is 31.4 Å². The first-order chi connectivity index (χ1) is 9.10. The van der Waals surface area contributed by atoms with Crippen LogP contribution in [0, 0.1) is 13.8 Å². The third kappa shape index (κ3) is 3.50. The number of rotatable bonds is 3. The van der Waals surface area contributed by atoms with Gasteiger partial charge in [0.15, 0.2) is 0 Å². The first kappa shape index (κ1) is 13.9. The van der Waals surface area contributed by atoms with Crippen LogP contribution in [0.5, 0.6) is 0 Å². The zero-order chi connectivity index (χ0) is 13.8. The van der Waals surface area contributed by atoms with Gasteiger partial charge < -0.3 is 10.6 Å². The summed E-state index contributed by atoms with van der Waals surface area (Å²) < 4.78 is 0. The Morgan fingerprint density at radius 1 is 1.16 bits per heavy atom. The third-order valence-electron chi connectivity index (χ3n) is 3.82. The lowest BCUT2D eigenvalue weighted by molar-refractivity contribution is 0.0923. The van der Waals surface area contributed by atoms with Crippen molar-refractivity contribution in [2.45, 2.75) is 51.6 Å². The maximum absolute atomic E-state index is 12.2. The van der Waals surface area contributed by atoms with E-state index in [9.17, 15) is 4.79 Å². The van der Waals surface area contributed by atoms with Gasteiger partial charge in [-0.05, 0) is 52.6 Å². The summed E-state index contributed by atoms with van der Waals surface area (Å²) in [6.07, 6.45) is 4.31. The number of carbonyl (C=O) groups is 1. The van der Waals surface area contributed by atoms with Crippen LogP contribution in [0.1, 0.15) is 47.4 Å². The van der Waals surface area contributed by atoms with Crippen LogP contribution >= 0.6 is 0 Å². The van der Waals surface area contributed by atoms with Gasteiger partial charge in [-0.2, -0.15) is 10.2 Å². The molecule has 0 aromatic carbocycles. The van der Waals surface area contributed by atoms with E-state index < -0.39 is 0 Å². The molecule has 1 amide bonds. The number of hydrogen-bond donors (Lipinski definition) is 2. The van der Waals surface area contributed by atoms with Gasteiger partial charge in [0.05, 0.1) is 17.0 Å². The second-order valence-electron chi connectivity index (χ2n) is 5.30. The molecule has 1 aromatic rings. The van der Waals surface area contributed by atoms with Gasteiger partial charge in [-0.1, -0.05) is 0 Å². The van der Waals surface area contributed by atoms with Crippen LogP contribution in [-0.2, 0) is 0 Å².